The average Bonchev–Trinajstić information content (AvgIpc) is 3.29. The summed E-state index contributed by atoms with van der Waals surface area (Å²) in [5, 5.41) is 0. The maximum absolute atomic E-state index is 5.65. The molecule has 0 saturated carbocycles. The van der Waals surface area contributed by atoms with Crippen molar-refractivity contribution in [3.63, 3.8) is 0 Å². The molecule has 2 aliphatic rings. The maximum Gasteiger partial charge on any atom is 0.231 e. The second-order valence-electron chi connectivity index (χ2n) is 5.78. The van der Waals surface area contributed by atoms with Crippen LogP contribution in [0.2, 0.25) is 0 Å². The van der Waals surface area contributed by atoms with Crippen LogP contribution in [-0.4, -0.2) is 49.9 Å². The Morgan fingerprint density at radius 2 is 2.17 bits per heavy atom. The van der Waals surface area contributed by atoms with Gasteiger partial charge < -0.3 is 28.3 Å². The van der Waals surface area contributed by atoms with Gasteiger partial charge >= 0.3 is 0 Å². The third-order valence-electron chi connectivity index (χ3n) is 4.51. The number of aromatic nitrogens is 2. The van der Waals surface area contributed by atoms with Crippen molar-refractivity contribution in [1.29, 1.82) is 0 Å². The lowest BCUT2D eigenvalue weighted by Crippen LogP contribution is -2.35. The van der Waals surface area contributed by atoms with E-state index in [2.05, 4.69) is 9.55 Å². The van der Waals surface area contributed by atoms with Gasteiger partial charge in [-0.2, -0.15) is 0 Å². The number of benzene rings is 1. The Hall–Kier alpha value is -2.25. The Morgan fingerprint density at radius 1 is 1.25 bits per heavy atom. The van der Waals surface area contributed by atoms with Crippen LogP contribution in [0, 0.1) is 0 Å². The van der Waals surface area contributed by atoms with E-state index < -0.39 is 0 Å². The topological polar surface area (TPSA) is 64.0 Å². The van der Waals surface area contributed by atoms with Gasteiger partial charge in [0, 0.05) is 31.7 Å². The highest BCUT2D eigenvalue weighted by atomic mass is 16.7. The zero-order valence-electron chi connectivity index (χ0n) is 13.7. The summed E-state index contributed by atoms with van der Waals surface area (Å²) in [6.07, 6.45) is 4.71. The molecule has 4 rings (SSSR count). The number of methoxy groups -OCH3 is 2. The summed E-state index contributed by atoms with van der Waals surface area (Å²) in [5.74, 6) is 2.76. The van der Waals surface area contributed by atoms with E-state index in [0.29, 0.717) is 23.9 Å². The fraction of sp³-hybridized carbons (Fsp3) is 0.471. The zero-order valence-corrected chi connectivity index (χ0v) is 13.7. The number of nitrogens with zero attached hydrogens (tertiary/aromatic N) is 2. The van der Waals surface area contributed by atoms with Crippen molar-refractivity contribution < 1.29 is 23.7 Å². The van der Waals surface area contributed by atoms with Crippen molar-refractivity contribution >= 4 is 0 Å². The molecule has 0 amide bonds. The van der Waals surface area contributed by atoms with Crippen LogP contribution >= 0.6 is 0 Å². The van der Waals surface area contributed by atoms with Gasteiger partial charge in [0.2, 0.25) is 12.5 Å². The third kappa shape index (κ3) is 2.50. The van der Waals surface area contributed by atoms with Gasteiger partial charge in [-0.05, 0) is 18.6 Å². The average molecular weight is 332 g/mol. The molecular weight excluding hydrogens is 312 g/mol. The molecule has 128 valence electrons. The van der Waals surface area contributed by atoms with E-state index >= 15 is 0 Å². The molecule has 0 aliphatic carbocycles. The second kappa shape index (κ2) is 6.33. The highest BCUT2D eigenvalue weighted by molar-refractivity contribution is 5.67. The minimum atomic E-state index is 0.0812. The number of hydrogen-bond donors (Lipinski definition) is 0. The molecule has 7 heteroatoms. The van der Waals surface area contributed by atoms with Crippen molar-refractivity contribution in [3.05, 3.63) is 24.5 Å². The molecule has 7 nitrogen and oxygen atoms in total. The third-order valence-corrected chi connectivity index (χ3v) is 4.51. The minimum Gasteiger partial charge on any atom is -0.493 e. The normalized spacial score (nSPS) is 22.6. The molecule has 2 aliphatic heterocycles. The molecule has 0 N–H and O–H groups in total. The van der Waals surface area contributed by atoms with E-state index in [1.165, 1.54) is 0 Å². The van der Waals surface area contributed by atoms with Gasteiger partial charge in [-0.3, -0.25) is 0 Å². The van der Waals surface area contributed by atoms with Crippen LogP contribution in [0.4, 0.5) is 0 Å². The molecule has 24 heavy (non-hydrogen) atoms. The largest absolute Gasteiger partial charge is 0.493 e. The van der Waals surface area contributed by atoms with Crippen LogP contribution in [0.15, 0.2) is 24.5 Å². The summed E-state index contributed by atoms with van der Waals surface area (Å²) in [6, 6.07) is 3.92. The molecule has 2 aromatic rings. The smallest absolute Gasteiger partial charge is 0.231 e. The van der Waals surface area contributed by atoms with Crippen molar-refractivity contribution in [1.82, 2.24) is 9.55 Å². The highest BCUT2D eigenvalue weighted by Crippen LogP contribution is 2.44. The molecule has 0 unspecified atom stereocenters. The predicted molar refractivity (Wildman–Crippen MR) is 85.6 cm³/mol. The van der Waals surface area contributed by atoms with Gasteiger partial charge in [0.15, 0.2) is 11.5 Å². The predicted octanol–water partition coefficient (Wildman–Crippen LogP) is 2.26. The van der Waals surface area contributed by atoms with Gasteiger partial charge in [0.05, 0.1) is 25.9 Å². The first-order valence-electron chi connectivity index (χ1n) is 7.93. The summed E-state index contributed by atoms with van der Waals surface area (Å²) in [5.41, 5.74) is 0.904. The highest BCUT2D eigenvalue weighted by Gasteiger charge is 2.30. The molecule has 0 bridgehead atoms. The Labute approximate surface area is 140 Å². The van der Waals surface area contributed by atoms with E-state index in [-0.39, 0.29) is 18.9 Å². The summed E-state index contributed by atoms with van der Waals surface area (Å²) in [4.78, 5) is 4.53. The molecule has 1 aromatic heterocycles. The van der Waals surface area contributed by atoms with E-state index in [0.717, 1.165) is 24.4 Å². The number of rotatable bonds is 4. The Bertz CT molecular complexity index is 730. The fourth-order valence-corrected chi connectivity index (χ4v) is 3.30. The van der Waals surface area contributed by atoms with Gasteiger partial charge in [0.25, 0.3) is 0 Å². The molecule has 0 spiro atoms. The van der Waals surface area contributed by atoms with Gasteiger partial charge in [-0.25, -0.2) is 4.98 Å². The Balaban J connectivity index is 1.75. The summed E-state index contributed by atoms with van der Waals surface area (Å²) in [6.45, 7) is 1.52. The van der Waals surface area contributed by atoms with E-state index in [1.807, 2.05) is 18.3 Å². The number of imidazole rings is 1. The maximum atomic E-state index is 5.65. The Kier molecular flexibility index (Phi) is 4.03. The van der Waals surface area contributed by atoms with E-state index in [1.54, 1.807) is 20.4 Å². The number of hydrogen-bond acceptors (Lipinski definition) is 6. The Morgan fingerprint density at radius 3 is 3.00 bits per heavy atom. The molecular formula is C17H20N2O5. The first-order chi connectivity index (χ1) is 11.8. The van der Waals surface area contributed by atoms with Crippen LogP contribution in [0.1, 0.15) is 12.5 Å². The van der Waals surface area contributed by atoms with Crippen molar-refractivity contribution in [2.45, 2.75) is 18.6 Å². The molecule has 1 aromatic carbocycles. The molecule has 0 radical (unpaired) electrons. The van der Waals surface area contributed by atoms with E-state index in [9.17, 15) is 0 Å². The van der Waals surface area contributed by atoms with Crippen LogP contribution in [0.5, 0.6) is 17.2 Å². The monoisotopic (exact) mass is 332 g/mol. The van der Waals surface area contributed by atoms with Gasteiger partial charge in [0.1, 0.15) is 5.82 Å². The van der Waals surface area contributed by atoms with Crippen molar-refractivity contribution in [3.8, 4) is 28.6 Å². The lowest BCUT2D eigenvalue weighted by Gasteiger charge is -2.32. The molecule has 1 fully saturated rings. The van der Waals surface area contributed by atoms with Crippen LogP contribution in [0.3, 0.4) is 0 Å². The first kappa shape index (κ1) is 15.3. The fourth-order valence-electron chi connectivity index (χ4n) is 3.30. The molecule has 1 saturated heterocycles. The molecule has 2 atom stereocenters. The minimum absolute atomic E-state index is 0.0812. The quantitative estimate of drug-likeness (QED) is 0.856. The van der Waals surface area contributed by atoms with Crippen LogP contribution < -0.4 is 14.2 Å². The summed E-state index contributed by atoms with van der Waals surface area (Å²) < 4.78 is 29.8. The first-order valence-corrected chi connectivity index (χ1v) is 7.93. The number of ether oxygens (including phenoxy) is 5. The lowest BCUT2D eigenvalue weighted by molar-refractivity contribution is -0.0492. The van der Waals surface area contributed by atoms with E-state index in [4.69, 9.17) is 23.7 Å². The zero-order chi connectivity index (χ0) is 16.5. The summed E-state index contributed by atoms with van der Waals surface area (Å²) in [7, 11) is 3.35. The molecule has 3 heterocycles. The standard InChI is InChI=1S/C17H20N2O5/c1-20-13-3-6-22-9-12(13)19-5-4-18-17(19)11-7-14(21-2)16-15(8-11)23-10-24-16/h4-5,7-8,12-13H,3,6,9-10H2,1-2H3/t12-,13-/m1/s1. The number of fused-ring (bicyclic) bond motifs is 1. The van der Waals surface area contributed by atoms with Gasteiger partial charge in [-0.1, -0.05) is 0 Å². The second-order valence-corrected chi connectivity index (χ2v) is 5.78. The SMILES string of the molecule is COc1cc(-c2nccn2[C@@H]2COCC[C@H]2OC)cc2c1OCO2. The van der Waals surface area contributed by atoms with Crippen LogP contribution in [0.25, 0.3) is 11.4 Å². The lowest BCUT2D eigenvalue weighted by atomic mass is 10.1. The summed E-state index contributed by atoms with van der Waals surface area (Å²) >= 11 is 0. The van der Waals surface area contributed by atoms with Crippen molar-refractivity contribution in [2.24, 2.45) is 0 Å². The van der Waals surface area contributed by atoms with Gasteiger partial charge in [-0.15, -0.1) is 0 Å². The van der Waals surface area contributed by atoms with Crippen molar-refractivity contribution in [2.75, 3.05) is 34.2 Å². The van der Waals surface area contributed by atoms with Crippen LogP contribution in [-0.2, 0) is 9.47 Å².